The predicted molar refractivity (Wildman–Crippen MR) is 87.2 cm³/mol. The van der Waals surface area contributed by atoms with Crippen LogP contribution < -0.4 is 11.4 Å². The molecule has 118 valence electrons. The van der Waals surface area contributed by atoms with Gasteiger partial charge < -0.3 is 15.3 Å². The molecule has 0 saturated heterocycles. The predicted octanol–water partition coefficient (Wildman–Crippen LogP) is 3.01. The highest BCUT2D eigenvalue weighted by molar-refractivity contribution is 6.31. The summed E-state index contributed by atoms with van der Waals surface area (Å²) in [5, 5.41) is 12.1. The number of hydrogen-bond acceptors (Lipinski definition) is 4. The summed E-state index contributed by atoms with van der Waals surface area (Å²) < 4.78 is 5.32. The zero-order chi connectivity index (χ0) is 15.7. The smallest absolute Gasteiger partial charge is 0.336 e. The molecule has 0 spiro atoms. The van der Waals surface area contributed by atoms with E-state index in [0.29, 0.717) is 23.4 Å². The van der Waals surface area contributed by atoms with Crippen molar-refractivity contribution in [3.8, 4) is 0 Å². The summed E-state index contributed by atoms with van der Waals surface area (Å²) in [5.74, 6) is 0. The molecule has 1 aliphatic rings. The highest BCUT2D eigenvalue weighted by Crippen LogP contribution is 2.33. The first-order valence-corrected chi connectivity index (χ1v) is 8.03. The summed E-state index contributed by atoms with van der Waals surface area (Å²) in [5.41, 5.74) is 6.27. The lowest BCUT2D eigenvalue weighted by atomic mass is 9.79. The van der Waals surface area contributed by atoms with Crippen molar-refractivity contribution in [3.63, 3.8) is 0 Å². The van der Waals surface area contributed by atoms with Crippen LogP contribution in [0.1, 0.15) is 37.7 Å². The molecule has 1 heterocycles. The highest BCUT2D eigenvalue weighted by atomic mass is 35.5. The fourth-order valence-corrected chi connectivity index (χ4v) is 3.44. The van der Waals surface area contributed by atoms with E-state index in [9.17, 15) is 9.90 Å². The number of nitrogens with two attached hydrogens (primary N) is 1. The van der Waals surface area contributed by atoms with Crippen LogP contribution in [0.4, 0.5) is 0 Å². The van der Waals surface area contributed by atoms with Crippen molar-refractivity contribution in [1.29, 1.82) is 0 Å². The second kappa shape index (κ2) is 6.03. The average molecular weight is 322 g/mol. The molecule has 1 fully saturated rings. The van der Waals surface area contributed by atoms with Gasteiger partial charge in [0.1, 0.15) is 5.58 Å². The van der Waals surface area contributed by atoms with Crippen LogP contribution in [0.3, 0.4) is 0 Å². The number of aryl methyl sites for hydroxylation is 1. The van der Waals surface area contributed by atoms with Gasteiger partial charge in [0.2, 0.25) is 0 Å². The van der Waals surface area contributed by atoms with Gasteiger partial charge in [-0.25, -0.2) is 4.79 Å². The second-order valence-corrected chi connectivity index (χ2v) is 6.74. The monoisotopic (exact) mass is 321 g/mol. The van der Waals surface area contributed by atoms with Crippen LogP contribution in [-0.4, -0.2) is 16.7 Å². The minimum atomic E-state index is -0.681. The van der Waals surface area contributed by atoms with Crippen LogP contribution in [0.2, 0.25) is 5.02 Å². The first kappa shape index (κ1) is 15.5. The minimum absolute atomic E-state index is 0.199. The van der Waals surface area contributed by atoms with Crippen LogP contribution >= 0.6 is 11.6 Å². The van der Waals surface area contributed by atoms with Gasteiger partial charge in [0.25, 0.3) is 0 Å². The van der Waals surface area contributed by atoms with Crippen LogP contribution in [-0.2, 0) is 6.42 Å². The second-order valence-electron chi connectivity index (χ2n) is 6.30. The maximum atomic E-state index is 11.5. The molecule has 0 bridgehead atoms. The van der Waals surface area contributed by atoms with Crippen molar-refractivity contribution in [2.75, 3.05) is 0 Å². The molecular weight excluding hydrogens is 302 g/mol. The van der Waals surface area contributed by atoms with Gasteiger partial charge in [0.05, 0.1) is 5.60 Å². The van der Waals surface area contributed by atoms with E-state index in [1.807, 2.05) is 6.07 Å². The quantitative estimate of drug-likeness (QED) is 0.852. The van der Waals surface area contributed by atoms with Gasteiger partial charge in [-0.2, -0.15) is 0 Å². The van der Waals surface area contributed by atoms with Gasteiger partial charge in [0.15, 0.2) is 0 Å². The van der Waals surface area contributed by atoms with E-state index >= 15 is 0 Å². The maximum Gasteiger partial charge on any atom is 0.336 e. The van der Waals surface area contributed by atoms with E-state index in [-0.39, 0.29) is 11.7 Å². The lowest BCUT2D eigenvalue weighted by molar-refractivity contribution is -0.00747. The Bertz CT molecular complexity index is 732. The van der Waals surface area contributed by atoms with Gasteiger partial charge >= 0.3 is 5.63 Å². The molecule has 5 heteroatoms. The third-order valence-electron chi connectivity index (χ3n) is 4.58. The third-order valence-corrected chi connectivity index (χ3v) is 4.80. The van der Waals surface area contributed by atoms with Crippen molar-refractivity contribution >= 4 is 22.6 Å². The average Bonchev–Trinajstić information content (AvgIpc) is 2.49. The van der Waals surface area contributed by atoms with Gasteiger partial charge in [-0.3, -0.25) is 0 Å². The summed E-state index contributed by atoms with van der Waals surface area (Å²) in [6.07, 6.45) is 4.38. The fraction of sp³-hybridized carbons (Fsp3) is 0.471. The Morgan fingerprint density at radius 3 is 2.77 bits per heavy atom. The number of aliphatic hydroxyl groups is 1. The SMILES string of the molecule is NC1CCC(O)(CCc2cc(Cl)cc3ccc(=O)oc23)CC1. The molecule has 0 atom stereocenters. The van der Waals surface area contributed by atoms with E-state index in [1.165, 1.54) is 6.07 Å². The summed E-state index contributed by atoms with van der Waals surface area (Å²) in [6, 6.07) is 6.89. The van der Waals surface area contributed by atoms with Crippen molar-refractivity contribution in [2.45, 2.75) is 50.2 Å². The Hall–Kier alpha value is -1.36. The molecule has 0 radical (unpaired) electrons. The lowest BCUT2D eigenvalue weighted by Crippen LogP contribution is -2.39. The Morgan fingerprint density at radius 1 is 1.32 bits per heavy atom. The summed E-state index contributed by atoms with van der Waals surface area (Å²) in [6.45, 7) is 0. The van der Waals surface area contributed by atoms with E-state index in [1.54, 1.807) is 12.1 Å². The lowest BCUT2D eigenvalue weighted by Gasteiger charge is -2.34. The van der Waals surface area contributed by atoms with Crippen molar-refractivity contribution in [2.24, 2.45) is 5.73 Å². The normalized spacial score (nSPS) is 25.5. The number of fused-ring (bicyclic) bond motifs is 1. The van der Waals surface area contributed by atoms with Gasteiger partial charge in [-0.1, -0.05) is 11.6 Å². The Kier molecular flexibility index (Phi) is 4.26. The first-order chi connectivity index (χ1) is 10.5. The molecule has 1 aliphatic carbocycles. The van der Waals surface area contributed by atoms with Crippen molar-refractivity contribution < 1.29 is 9.52 Å². The number of benzene rings is 1. The van der Waals surface area contributed by atoms with Crippen LogP contribution in [0, 0.1) is 0 Å². The van der Waals surface area contributed by atoms with E-state index in [2.05, 4.69) is 0 Å². The molecule has 0 amide bonds. The van der Waals surface area contributed by atoms with Crippen LogP contribution in [0.25, 0.3) is 11.0 Å². The maximum absolute atomic E-state index is 11.5. The molecule has 22 heavy (non-hydrogen) atoms. The number of hydrogen-bond donors (Lipinski definition) is 2. The summed E-state index contributed by atoms with van der Waals surface area (Å²) in [7, 11) is 0. The van der Waals surface area contributed by atoms with Crippen molar-refractivity contribution in [1.82, 2.24) is 0 Å². The summed E-state index contributed by atoms with van der Waals surface area (Å²) in [4.78, 5) is 11.5. The largest absolute Gasteiger partial charge is 0.422 e. The van der Waals surface area contributed by atoms with E-state index in [4.69, 9.17) is 21.8 Å². The van der Waals surface area contributed by atoms with Gasteiger partial charge in [-0.05, 0) is 62.3 Å². The Labute approximate surface area is 133 Å². The highest BCUT2D eigenvalue weighted by Gasteiger charge is 2.31. The molecule has 1 aromatic carbocycles. The zero-order valence-electron chi connectivity index (χ0n) is 12.3. The molecular formula is C17H20ClNO3. The van der Waals surface area contributed by atoms with Crippen molar-refractivity contribution in [3.05, 3.63) is 45.3 Å². The zero-order valence-corrected chi connectivity index (χ0v) is 13.1. The van der Waals surface area contributed by atoms with Gasteiger partial charge in [0, 0.05) is 22.5 Å². The Morgan fingerprint density at radius 2 is 2.05 bits per heavy atom. The topological polar surface area (TPSA) is 76.5 Å². The standard InChI is InChI=1S/C17H20ClNO3/c18-13-9-11-1-2-15(20)22-16(11)12(10-13)3-6-17(21)7-4-14(19)5-8-17/h1-2,9-10,14,21H,3-8,19H2. The summed E-state index contributed by atoms with van der Waals surface area (Å²) >= 11 is 6.14. The van der Waals surface area contributed by atoms with Crippen LogP contribution in [0.5, 0.6) is 0 Å². The molecule has 4 nitrogen and oxygen atoms in total. The molecule has 3 N–H and O–H groups in total. The number of rotatable bonds is 3. The van der Waals surface area contributed by atoms with E-state index < -0.39 is 5.60 Å². The molecule has 0 unspecified atom stereocenters. The molecule has 2 aromatic rings. The van der Waals surface area contributed by atoms with Gasteiger partial charge in [-0.15, -0.1) is 0 Å². The fourth-order valence-electron chi connectivity index (χ4n) is 3.19. The third kappa shape index (κ3) is 3.35. The van der Waals surface area contributed by atoms with Crippen LogP contribution in [0.15, 0.2) is 33.5 Å². The molecule has 1 saturated carbocycles. The van der Waals surface area contributed by atoms with E-state index in [0.717, 1.165) is 36.6 Å². The molecule has 1 aromatic heterocycles. The Balaban J connectivity index is 1.84. The minimum Gasteiger partial charge on any atom is -0.422 e. The number of halogens is 1. The molecule has 3 rings (SSSR count). The molecule has 0 aliphatic heterocycles. The first-order valence-electron chi connectivity index (χ1n) is 7.65.